The average molecular weight is 841 g/mol. The number of carbonyl (C=O) groups is 4. The van der Waals surface area contributed by atoms with Crippen molar-refractivity contribution in [3.8, 4) is 22.4 Å². The molecule has 2 aliphatic carbocycles. The number of methoxy groups -OCH3 is 2. The third-order valence-corrected chi connectivity index (χ3v) is 14.0. The third-order valence-electron chi connectivity index (χ3n) is 14.0. The van der Waals surface area contributed by atoms with Crippen LogP contribution in [0, 0.1) is 17.3 Å². The summed E-state index contributed by atoms with van der Waals surface area (Å²) in [6.07, 6.45) is 7.23. The lowest BCUT2D eigenvalue weighted by molar-refractivity contribution is -0.136. The largest absolute Gasteiger partial charge is 0.456 e. The van der Waals surface area contributed by atoms with E-state index >= 15 is 0 Å². The molecule has 1 spiro atoms. The van der Waals surface area contributed by atoms with Crippen molar-refractivity contribution < 1.29 is 33.1 Å². The molecule has 4 N–H and O–H groups in total. The number of benzene rings is 3. The summed E-state index contributed by atoms with van der Waals surface area (Å²) < 4.78 is 16.1. The average Bonchev–Trinajstić information content (AvgIpc) is 3.72. The normalized spacial score (nSPS) is 22.7. The molecule has 2 aliphatic heterocycles. The summed E-state index contributed by atoms with van der Waals surface area (Å²) in [5, 5.41) is 7.33. The van der Waals surface area contributed by atoms with Crippen LogP contribution in [0.25, 0.3) is 55.4 Å². The van der Waals surface area contributed by atoms with Gasteiger partial charge in [-0.05, 0) is 103 Å². The second-order valence-electron chi connectivity index (χ2n) is 18.2. The monoisotopic (exact) mass is 840 g/mol. The van der Waals surface area contributed by atoms with Crippen molar-refractivity contribution in [1.29, 1.82) is 0 Å². The van der Waals surface area contributed by atoms with E-state index in [0.717, 1.165) is 112 Å². The van der Waals surface area contributed by atoms with Gasteiger partial charge in [0.25, 0.3) is 0 Å². The van der Waals surface area contributed by atoms with Crippen LogP contribution in [-0.2, 0) is 19.1 Å². The lowest BCUT2D eigenvalue weighted by Gasteiger charge is -2.33. The Morgan fingerprint density at radius 1 is 0.887 bits per heavy atom. The highest BCUT2D eigenvalue weighted by Gasteiger charge is 2.66. The summed E-state index contributed by atoms with van der Waals surface area (Å²) in [5.74, 6) is 1.53. The van der Waals surface area contributed by atoms with Crippen molar-refractivity contribution in [3.63, 3.8) is 0 Å². The molecule has 6 aromatic rings. The molecule has 3 aromatic heterocycles. The van der Waals surface area contributed by atoms with Gasteiger partial charge in [-0.3, -0.25) is 9.59 Å². The minimum absolute atomic E-state index is 0.100. The molecule has 0 radical (unpaired) electrons. The third kappa shape index (κ3) is 6.72. The molecule has 62 heavy (non-hydrogen) atoms. The Morgan fingerprint density at radius 2 is 1.60 bits per heavy atom. The van der Waals surface area contributed by atoms with Gasteiger partial charge in [-0.25, -0.2) is 19.6 Å². The fourth-order valence-corrected chi connectivity index (χ4v) is 10.6. The molecule has 3 aromatic carbocycles. The smallest absolute Gasteiger partial charge is 0.407 e. The van der Waals surface area contributed by atoms with E-state index < -0.39 is 18.2 Å². The fourth-order valence-electron chi connectivity index (χ4n) is 10.6. The molecule has 15 heteroatoms. The van der Waals surface area contributed by atoms with Gasteiger partial charge in [-0.2, -0.15) is 0 Å². The minimum Gasteiger partial charge on any atom is -0.456 e. The molecule has 4 fully saturated rings. The first-order chi connectivity index (χ1) is 29.9. The fraction of sp³-hybridized carbons (Fsp3) is 0.447. The Hall–Kier alpha value is -6.38. The quantitative estimate of drug-likeness (QED) is 0.0999. The number of rotatable bonds is 11. The first kappa shape index (κ1) is 39.7. The number of nitrogens with one attached hydrogen (secondary N) is 4. The van der Waals surface area contributed by atoms with Crippen molar-refractivity contribution in [2.45, 2.75) is 89.4 Å². The van der Waals surface area contributed by atoms with Crippen molar-refractivity contribution in [2.75, 3.05) is 27.3 Å². The van der Waals surface area contributed by atoms with Crippen LogP contribution in [0.1, 0.15) is 89.4 Å². The van der Waals surface area contributed by atoms with Crippen LogP contribution in [-0.4, -0.2) is 92.6 Å². The van der Waals surface area contributed by atoms with Crippen LogP contribution in [0.5, 0.6) is 0 Å². The lowest BCUT2D eigenvalue weighted by atomic mass is 10.0. The highest BCUT2D eigenvalue weighted by atomic mass is 16.5. The topological polar surface area (TPSA) is 188 Å². The van der Waals surface area contributed by atoms with Gasteiger partial charge < -0.3 is 44.3 Å². The van der Waals surface area contributed by atoms with Crippen LogP contribution in [0.4, 0.5) is 9.59 Å². The van der Waals surface area contributed by atoms with Crippen molar-refractivity contribution >= 4 is 57.0 Å². The van der Waals surface area contributed by atoms with E-state index in [0.29, 0.717) is 12.5 Å². The second kappa shape index (κ2) is 14.9. The number of aromatic nitrogens is 4. The van der Waals surface area contributed by atoms with E-state index in [2.05, 4.69) is 70.0 Å². The van der Waals surface area contributed by atoms with Gasteiger partial charge in [0.05, 0.1) is 49.2 Å². The zero-order valence-electron chi connectivity index (χ0n) is 35.7. The number of aromatic amines is 2. The maximum Gasteiger partial charge on any atom is 0.407 e. The molecule has 322 valence electrons. The molecular weight excluding hydrogens is 789 g/mol. The molecule has 5 atom stereocenters. The van der Waals surface area contributed by atoms with E-state index in [1.165, 1.54) is 14.2 Å². The number of hydrogen-bond acceptors (Lipinski definition) is 9. The summed E-state index contributed by atoms with van der Waals surface area (Å²) >= 11 is 0. The van der Waals surface area contributed by atoms with E-state index in [-0.39, 0.29) is 47.3 Å². The summed E-state index contributed by atoms with van der Waals surface area (Å²) in [4.78, 5) is 72.3. The SMILES string of the molecule is CCC[C@@]12CC1CC(c1nc3ccc(-c4ccc5c(c4)oc4cc(-c6cnc([C@@H]7CC8(CC8)CN7C(=O)[C@@H](NC(=O)OC)C(C)C)[nH]6)ccc45)cc3[nH]1)N2C(=O)CNC(=O)OC. The van der Waals surface area contributed by atoms with Crippen molar-refractivity contribution in [2.24, 2.45) is 17.3 Å². The molecule has 2 saturated carbocycles. The highest BCUT2D eigenvalue weighted by Crippen LogP contribution is 2.64. The molecule has 15 nitrogen and oxygen atoms in total. The number of hydrogen-bond donors (Lipinski definition) is 4. The number of piperidine rings is 1. The number of likely N-dealkylation sites (tertiary alicyclic amines) is 2. The number of carbonyl (C=O) groups excluding carboxylic acids is 4. The summed E-state index contributed by atoms with van der Waals surface area (Å²) in [6, 6.07) is 17.4. The van der Waals surface area contributed by atoms with Gasteiger partial charge in [-0.1, -0.05) is 45.4 Å². The van der Waals surface area contributed by atoms with Crippen LogP contribution in [0.2, 0.25) is 0 Å². The van der Waals surface area contributed by atoms with Crippen LogP contribution in [0.15, 0.2) is 65.2 Å². The van der Waals surface area contributed by atoms with Crippen molar-refractivity contribution in [1.82, 2.24) is 40.4 Å². The molecule has 2 saturated heterocycles. The molecule has 2 unspecified atom stereocenters. The Balaban J connectivity index is 0.891. The molecule has 5 heterocycles. The number of fused-ring (bicyclic) bond motifs is 5. The Bertz CT molecular complexity index is 2770. The molecular formula is C47H52N8O7. The van der Waals surface area contributed by atoms with Gasteiger partial charge in [-0.15, -0.1) is 0 Å². The number of ether oxygens (including phenoxy) is 2. The van der Waals surface area contributed by atoms with E-state index in [9.17, 15) is 19.2 Å². The number of furan rings is 1. The highest BCUT2D eigenvalue weighted by molar-refractivity contribution is 6.07. The second-order valence-corrected chi connectivity index (χ2v) is 18.2. The predicted octanol–water partition coefficient (Wildman–Crippen LogP) is 8.14. The van der Waals surface area contributed by atoms with Crippen LogP contribution < -0.4 is 10.6 Å². The molecule has 0 bridgehead atoms. The zero-order chi connectivity index (χ0) is 43.1. The Kier molecular flexibility index (Phi) is 9.56. The first-order valence-electron chi connectivity index (χ1n) is 21.7. The first-order valence-corrected chi connectivity index (χ1v) is 21.7. The van der Waals surface area contributed by atoms with Gasteiger partial charge in [0.15, 0.2) is 0 Å². The molecule has 4 aliphatic rings. The number of H-pyrrole nitrogens is 2. The minimum atomic E-state index is -0.703. The molecule has 10 rings (SSSR count). The van der Waals surface area contributed by atoms with E-state index in [1.54, 1.807) is 0 Å². The van der Waals surface area contributed by atoms with E-state index in [1.807, 2.05) is 42.0 Å². The Labute approximate surface area is 358 Å². The number of imidazole rings is 2. The van der Waals surface area contributed by atoms with Gasteiger partial charge in [0.2, 0.25) is 11.8 Å². The zero-order valence-corrected chi connectivity index (χ0v) is 35.7. The standard InChI is InChI=1S/C47H52N8O7/c1-6-13-47-20-29(47)19-35(55(47)39(56)23-49-44(58)60-4)42-50-32-12-9-26(16-33(32)51-42)27-7-10-30-31-11-8-28(18-38(31)62-37(30)17-27)34-22-48-41(52-34)36-21-46(14-15-46)24-54(36)43(57)40(25(2)3)53-45(59)61-5/h7-12,16-18,22,25,29,35-36,40H,6,13-15,19-21,23-24H2,1-5H3,(H,48,52)(H,49,58)(H,50,51)(H,53,59)/t29?,35?,36-,40-,47+/m0/s1. The predicted molar refractivity (Wildman–Crippen MR) is 232 cm³/mol. The molecule has 4 amide bonds. The number of nitrogens with zero attached hydrogens (tertiary/aromatic N) is 4. The maximum atomic E-state index is 14.0. The number of amides is 4. The lowest BCUT2D eigenvalue weighted by Crippen LogP contribution is -2.51. The van der Waals surface area contributed by atoms with Crippen molar-refractivity contribution in [3.05, 3.63) is 72.4 Å². The van der Waals surface area contributed by atoms with Crippen LogP contribution in [0.3, 0.4) is 0 Å². The maximum absolute atomic E-state index is 14.0. The summed E-state index contributed by atoms with van der Waals surface area (Å²) in [7, 11) is 2.59. The summed E-state index contributed by atoms with van der Waals surface area (Å²) in [6.45, 7) is 6.50. The summed E-state index contributed by atoms with van der Waals surface area (Å²) in [5.41, 5.74) is 6.87. The van der Waals surface area contributed by atoms with Gasteiger partial charge in [0.1, 0.15) is 35.4 Å². The number of alkyl carbamates (subject to hydrolysis) is 2. The van der Waals surface area contributed by atoms with Crippen LogP contribution >= 0.6 is 0 Å². The van der Waals surface area contributed by atoms with Gasteiger partial charge >= 0.3 is 12.2 Å². The Morgan fingerprint density at radius 3 is 2.31 bits per heavy atom. The van der Waals surface area contributed by atoms with Gasteiger partial charge in [0, 0.05) is 28.4 Å². The van der Waals surface area contributed by atoms with E-state index in [4.69, 9.17) is 23.9 Å².